The molecule has 0 radical (unpaired) electrons. The summed E-state index contributed by atoms with van der Waals surface area (Å²) in [7, 11) is -3.61. The third-order valence-electron chi connectivity index (χ3n) is 4.43. The van der Waals surface area contributed by atoms with Gasteiger partial charge in [-0.15, -0.1) is 0 Å². The zero-order valence-corrected chi connectivity index (χ0v) is 14.5. The average Bonchev–Trinajstić information content (AvgIpc) is 2.43. The van der Waals surface area contributed by atoms with E-state index in [0.717, 1.165) is 6.26 Å². The Balaban J connectivity index is 2.31. The number of alkyl halides is 3. The van der Waals surface area contributed by atoms with Gasteiger partial charge in [0.1, 0.15) is 0 Å². The minimum absolute atomic E-state index is 0.00117. The number of hydrogen-bond donors (Lipinski definition) is 0. The van der Waals surface area contributed by atoms with Crippen molar-refractivity contribution >= 4 is 15.7 Å². The zero-order valence-electron chi connectivity index (χ0n) is 13.7. The van der Waals surface area contributed by atoms with Crippen LogP contribution in [0.3, 0.4) is 0 Å². The number of likely N-dealkylation sites (tertiary alicyclic amines) is 1. The Morgan fingerprint density at radius 1 is 1.25 bits per heavy atom. The minimum Gasteiger partial charge on any atom is -0.338 e. The van der Waals surface area contributed by atoms with Crippen LogP contribution < -0.4 is 0 Å². The predicted octanol–water partition coefficient (Wildman–Crippen LogP) is 3.14. The van der Waals surface area contributed by atoms with Crippen molar-refractivity contribution in [2.45, 2.75) is 31.3 Å². The number of rotatable bonds is 2. The van der Waals surface area contributed by atoms with Gasteiger partial charge in [0.05, 0.1) is 16.4 Å². The summed E-state index contributed by atoms with van der Waals surface area (Å²) in [5.41, 5.74) is -1.13. The second kappa shape index (κ2) is 6.06. The molecule has 1 aliphatic rings. The Labute approximate surface area is 139 Å². The first-order chi connectivity index (χ1) is 10.8. The molecule has 1 aromatic rings. The smallest absolute Gasteiger partial charge is 0.338 e. The van der Waals surface area contributed by atoms with Crippen molar-refractivity contribution in [3.05, 3.63) is 29.8 Å². The molecule has 1 aromatic carbocycles. The number of carbonyl (C=O) groups is 1. The van der Waals surface area contributed by atoms with Gasteiger partial charge in [-0.05, 0) is 24.0 Å². The van der Waals surface area contributed by atoms with Crippen LogP contribution in [0, 0.1) is 11.3 Å². The molecular weight excluding hydrogens is 343 g/mol. The lowest BCUT2D eigenvalue weighted by molar-refractivity contribution is -0.214. The van der Waals surface area contributed by atoms with E-state index in [0.29, 0.717) is 0 Å². The molecule has 2 rings (SSSR count). The molecule has 0 saturated carbocycles. The molecule has 1 aliphatic heterocycles. The van der Waals surface area contributed by atoms with Gasteiger partial charge in [0.25, 0.3) is 5.91 Å². The Kier molecular flexibility index (Phi) is 4.74. The fraction of sp³-hybridized carbons (Fsp3) is 0.562. The van der Waals surface area contributed by atoms with Gasteiger partial charge in [-0.25, -0.2) is 8.42 Å². The summed E-state index contributed by atoms with van der Waals surface area (Å²) in [4.78, 5) is 13.9. The molecule has 1 saturated heterocycles. The van der Waals surface area contributed by atoms with Crippen LogP contribution in [0.5, 0.6) is 0 Å². The molecule has 0 spiro atoms. The Bertz CT molecular complexity index is 741. The molecule has 24 heavy (non-hydrogen) atoms. The number of halogens is 3. The zero-order chi connectivity index (χ0) is 18.3. The van der Waals surface area contributed by atoms with Crippen molar-refractivity contribution in [2.75, 3.05) is 19.3 Å². The fourth-order valence-electron chi connectivity index (χ4n) is 3.27. The van der Waals surface area contributed by atoms with Crippen LogP contribution in [0.4, 0.5) is 13.2 Å². The lowest BCUT2D eigenvalue weighted by atomic mass is 9.73. The number of sulfone groups is 1. The fourth-order valence-corrected chi connectivity index (χ4v) is 4.15. The minimum atomic E-state index is -4.32. The first-order valence-corrected chi connectivity index (χ1v) is 9.38. The van der Waals surface area contributed by atoms with Gasteiger partial charge in [0.2, 0.25) is 0 Å². The summed E-state index contributed by atoms with van der Waals surface area (Å²) in [5, 5.41) is 0. The lowest BCUT2D eigenvalue weighted by Crippen LogP contribution is -2.52. The van der Waals surface area contributed by atoms with Gasteiger partial charge in [-0.1, -0.05) is 26.0 Å². The number of carbonyl (C=O) groups excluding carboxylic acids is 1. The van der Waals surface area contributed by atoms with Crippen LogP contribution >= 0.6 is 0 Å². The third kappa shape index (κ3) is 3.74. The van der Waals surface area contributed by atoms with E-state index in [1.54, 1.807) is 0 Å². The summed E-state index contributed by atoms with van der Waals surface area (Å²) in [5.74, 6) is -2.04. The molecule has 0 aliphatic carbocycles. The maximum Gasteiger partial charge on any atom is 0.392 e. The molecule has 1 heterocycles. The summed E-state index contributed by atoms with van der Waals surface area (Å²) in [6.45, 7) is 2.83. The molecule has 0 aromatic heterocycles. The number of benzene rings is 1. The van der Waals surface area contributed by atoms with Crippen LogP contribution in [0.25, 0.3) is 0 Å². The number of hydrogen-bond acceptors (Lipinski definition) is 3. The summed E-state index contributed by atoms with van der Waals surface area (Å²) in [6, 6.07) is 5.76. The van der Waals surface area contributed by atoms with E-state index in [1.807, 2.05) is 0 Å². The largest absolute Gasteiger partial charge is 0.392 e. The van der Waals surface area contributed by atoms with Crippen LogP contribution in [-0.2, 0) is 9.84 Å². The van der Waals surface area contributed by atoms with Gasteiger partial charge in [0.15, 0.2) is 9.84 Å². The highest BCUT2D eigenvalue weighted by Gasteiger charge is 2.51. The highest BCUT2D eigenvalue weighted by molar-refractivity contribution is 7.90. The average molecular weight is 363 g/mol. The Hall–Kier alpha value is -1.57. The Morgan fingerprint density at radius 2 is 1.83 bits per heavy atom. The standard InChI is InChI=1S/C16H20F3NO3S/c1-15(2)10-20(9-8-13(15)16(17,18)19)14(21)11-6-4-5-7-12(11)24(3,22)23/h4-7,13H,8-10H2,1-3H3. The molecule has 8 heteroatoms. The van der Waals surface area contributed by atoms with Gasteiger partial charge in [-0.2, -0.15) is 13.2 Å². The summed E-state index contributed by atoms with van der Waals surface area (Å²) >= 11 is 0. The molecule has 4 nitrogen and oxygen atoms in total. The van der Waals surface area contributed by atoms with Crippen molar-refractivity contribution in [1.29, 1.82) is 0 Å². The van der Waals surface area contributed by atoms with E-state index in [2.05, 4.69) is 0 Å². The lowest BCUT2D eigenvalue weighted by Gasteiger charge is -2.44. The predicted molar refractivity (Wildman–Crippen MR) is 83.4 cm³/mol. The monoisotopic (exact) mass is 363 g/mol. The van der Waals surface area contributed by atoms with Gasteiger partial charge >= 0.3 is 6.18 Å². The highest BCUT2D eigenvalue weighted by atomic mass is 32.2. The van der Waals surface area contributed by atoms with E-state index in [-0.39, 0.29) is 30.0 Å². The molecule has 1 fully saturated rings. The molecule has 134 valence electrons. The number of piperidine rings is 1. The maximum atomic E-state index is 13.1. The highest BCUT2D eigenvalue weighted by Crippen LogP contribution is 2.45. The summed E-state index contributed by atoms with van der Waals surface area (Å²) in [6.07, 6.45) is -3.51. The number of nitrogens with zero attached hydrogens (tertiary/aromatic N) is 1. The third-order valence-corrected chi connectivity index (χ3v) is 5.58. The van der Waals surface area contributed by atoms with Crippen LogP contribution in [0.2, 0.25) is 0 Å². The van der Waals surface area contributed by atoms with E-state index in [9.17, 15) is 26.4 Å². The van der Waals surface area contributed by atoms with Crippen molar-refractivity contribution < 1.29 is 26.4 Å². The molecule has 1 unspecified atom stereocenters. The first-order valence-electron chi connectivity index (χ1n) is 7.49. The summed E-state index contributed by atoms with van der Waals surface area (Å²) < 4.78 is 63.0. The van der Waals surface area contributed by atoms with Crippen molar-refractivity contribution in [1.82, 2.24) is 4.90 Å². The van der Waals surface area contributed by atoms with E-state index < -0.39 is 33.3 Å². The molecule has 1 atom stereocenters. The van der Waals surface area contributed by atoms with E-state index >= 15 is 0 Å². The van der Waals surface area contributed by atoms with Crippen LogP contribution in [0.1, 0.15) is 30.6 Å². The quantitative estimate of drug-likeness (QED) is 0.811. The second-order valence-electron chi connectivity index (χ2n) is 6.87. The van der Waals surface area contributed by atoms with Crippen LogP contribution in [-0.4, -0.2) is 44.7 Å². The molecule has 0 N–H and O–H groups in total. The number of amides is 1. The van der Waals surface area contributed by atoms with Gasteiger partial charge in [-0.3, -0.25) is 4.79 Å². The maximum absolute atomic E-state index is 13.1. The first kappa shape index (κ1) is 18.8. The van der Waals surface area contributed by atoms with Crippen molar-refractivity contribution in [3.63, 3.8) is 0 Å². The van der Waals surface area contributed by atoms with Crippen LogP contribution in [0.15, 0.2) is 29.2 Å². The Morgan fingerprint density at radius 3 is 2.33 bits per heavy atom. The topological polar surface area (TPSA) is 54.5 Å². The van der Waals surface area contributed by atoms with Gasteiger partial charge in [0, 0.05) is 19.3 Å². The normalized spacial score (nSPS) is 21.6. The van der Waals surface area contributed by atoms with E-state index in [4.69, 9.17) is 0 Å². The van der Waals surface area contributed by atoms with Crippen molar-refractivity contribution in [3.8, 4) is 0 Å². The second-order valence-corrected chi connectivity index (χ2v) is 8.85. The van der Waals surface area contributed by atoms with Crippen molar-refractivity contribution in [2.24, 2.45) is 11.3 Å². The molecule has 0 bridgehead atoms. The van der Waals surface area contributed by atoms with E-state index in [1.165, 1.54) is 43.0 Å². The van der Waals surface area contributed by atoms with Gasteiger partial charge < -0.3 is 4.90 Å². The molecular formula is C16H20F3NO3S. The SMILES string of the molecule is CC1(C)CN(C(=O)c2ccccc2S(C)(=O)=O)CCC1C(F)(F)F. The molecule has 1 amide bonds.